The lowest BCUT2D eigenvalue weighted by molar-refractivity contribution is 0.102. The second kappa shape index (κ2) is 6.11. The lowest BCUT2D eigenvalue weighted by Gasteiger charge is -2.08. The highest BCUT2D eigenvalue weighted by Gasteiger charge is 2.11. The summed E-state index contributed by atoms with van der Waals surface area (Å²) in [6.45, 7) is 1.97. The molecule has 4 aromatic rings. The summed E-state index contributed by atoms with van der Waals surface area (Å²) in [7, 11) is 0. The van der Waals surface area contributed by atoms with E-state index in [4.69, 9.17) is 0 Å². The van der Waals surface area contributed by atoms with Gasteiger partial charge in [-0.2, -0.15) is 0 Å². The molecule has 0 bridgehead atoms. The normalized spacial score (nSPS) is 11.0. The first-order chi connectivity index (χ1) is 12.5. The van der Waals surface area contributed by atoms with E-state index in [1.165, 1.54) is 24.3 Å². The minimum atomic E-state index is -0.476. The van der Waals surface area contributed by atoms with Crippen LogP contribution in [0.5, 0.6) is 0 Å². The molecule has 1 amide bonds. The topological polar surface area (TPSA) is 62.0 Å². The molecule has 26 heavy (non-hydrogen) atoms. The van der Waals surface area contributed by atoms with Crippen molar-refractivity contribution < 1.29 is 9.18 Å². The Balaban J connectivity index is 1.77. The summed E-state index contributed by atoms with van der Waals surface area (Å²) in [5.74, 6) is -0.787. The minimum absolute atomic E-state index is 0.258. The van der Waals surface area contributed by atoms with Gasteiger partial charge < -0.3 is 10.3 Å². The SMILES string of the molecule is Cc1ccc(NC(=O)c2ccc3[nH]c4ccc(F)cc4c(=O)c3c2)cc1. The summed E-state index contributed by atoms with van der Waals surface area (Å²) in [4.78, 5) is 28.3. The molecule has 4 rings (SSSR count). The van der Waals surface area contributed by atoms with E-state index in [1.54, 1.807) is 12.1 Å². The Kier molecular flexibility index (Phi) is 3.77. The van der Waals surface area contributed by atoms with Gasteiger partial charge in [0.1, 0.15) is 5.82 Å². The number of H-pyrrole nitrogens is 1. The number of benzene rings is 3. The number of nitrogens with one attached hydrogen (secondary N) is 2. The number of hydrogen-bond donors (Lipinski definition) is 2. The van der Waals surface area contributed by atoms with Crippen LogP contribution in [-0.2, 0) is 0 Å². The van der Waals surface area contributed by atoms with Crippen LogP contribution in [0.25, 0.3) is 21.8 Å². The number of aryl methyl sites for hydroxylation is 1. The van der Waals surface area contributed by atoms with Crippen LogP contribution in [-0.4, -0.2) is 10.9 Å². The number of rotatable bonds is 2. The van der Waals surface area contributed by atoms with Gasteiger partial charge >= 0.3 is 0 Å². The third kappa shape index (κ3) is 2.84. The Morgan fingerprint density at radius 1 is 0.923 bits per heavy atom. The molecule has 0 aliphatic carbocycles. The summed E-state index contributed by atoms with van der Waals surface area (Å²) in [5, 5.41) is 3.41. The maximum absolute atomic E-state index is 13.5. The van der Waals surface area contributed by atoms with Crippen molar-refractivity contribution in [3.8, 4) is 0 Å². The largest absolute Gasteiger partial charge is 0.354 e. The number of pyridine rings is 1. The first-order valence-corrected chi connectivity index (χ1v) is 8.14. The summed E-state index contributed by atoms with van der Waals surface area (Å²) >= 11 is 0. The number of carbonyl (C=O) groups excluding carboxylic acids is 1. The van der Waals surface area contributed by atoms with Crippen LogP contribution in [0.1, 0.15) is 15.9 Å². The van der Waals surface area contributed by atoms with Crippen LogP contribution >= 0.6 is 0 Å². The van der Waals surface area contributed by atoms with E-state index in [9.17, 15) is 14.0 Å². The Morgan fingerprint density at radius 2 is 1.58 bits per heavy atom. The summed E-state index contributed by atoms with van der Waals surface area (Å²) in [6.07, 6.45) is 0. The van der Waals surface area contributed by atoms with E-state index in [1.807, 2.05) is 31.2 Å². The van der Waals surface area contributed by atoms with Gasteiger partial charge in [0.05, 0.1) is 0 Å². The second-order valence-electron chi connectivity index (χ2n) is 6.22. The van der Waals surface area contributed by atoms with Crippen molar-refractivity contribution in [2.24, 2.45) is 0 Å². The fourth-order valence-electron chi connectivity index (χ4n) is 2.93. The predicted octanol–water partition coefficient (Wildman–Crippen LogP) is 4.38. The highest BCUT2D eigenvalue weighted by Crippen LogP contribution is 2.18. The highest BCUT2D eigenvalue weighted by molar-refractivity contribution is 6.06. The number of amides is 1. The molecule has 5 heteroatoms. The van der Waals surface area contributed by atoms with Crippen molar-refractivity contribution in [3.63, 3.8) is 0 Å². The molecule has 0 radical (unpaired) electrons. The molecule has 128 valence electrons. The van der Waals surface area contributed by atoms with E-state index >= 15 is 0 Å². The van der Waals surface area contributed by atoms with Crippen molar-refractivity contribution in [2.75, 3.05) is 5.32 Å². The number of fused-ring (bicyclic) bond motifs is 2. The minimum Gasteiger partial charge on any atom is -0.354 e. The molecule has 0 atom stereocenters. The number of carbonyl (C=O) groups is 1. The number of hydrogen-bond acceptors (Lipinski definition) is 2. The Labute approximate surface area is 148 Å². The average molecular weight is 346 g/mol. The van der Waals surface area contributed by atoms with Gasteiger partial charge in [-0.3, -0.25) is 9.59 Å². The summed E-state index contributed by atoms with van der Waals surface area (Å²) < 4.78 is 13.5. The average Bonchev–Trinajstić information content (AvgIpc) is 2.64. The lowest BCUT2D eigenvalue weighted by atomic mass is 10.1. The van der Waals surface area contributed by atoms with Crippen molar-refractivity contribution >= 4 is 33.4 Å². The first-order valence-electron chi connectivity index (χ1n) is 8.14. The van der Waals surface area contributed by atoms with Crippen LogP contribution in [0.15, 0.2) is 65.5 Å². The van der Waals surface area contributed by atoms with E-state index in [0.29, 0.717) is 27.7 Å². The van der Waals surface area contributed by atoms with Crippen molar-refractivity contribution in [1.82, 2.24) is 4.98 Å². The molecular weight excluding hydrogens is 331 g/mol. The zero-order valence-corrected chi connectivity index (χ0v) is 14.0. The van der Waals surface area contributed by atoms with Gasteiger partial charge in [0.2, 0.25) is 0 Å². The van der Waals surface area contributed by atoms with E-state index in [2.05, 4.69) is 10.3 Å². The lowest BCUT2D eigenvalue weighted by Crippen LogP contribution is -2.13. The maximum Gasteiger partial charge on any atom is 0.255 e. The van der Waals surface area contributed by atoms with Crippen LogP contribution in [0, 0.1) is 12.7 Å². The Bertz CT molecular complexity index is 1210. The first kappa shape index (κ1) is 16.0. The zero-order valence-electron chi connectivity index (χ0n) is 14.0. The van der Waals surface area contributed by atoms with Gasteiger partial charge in [0.15, 0.2) is 5.43 Å². The Morgan fingerprint density at radius 3 is 2.31 bits per heavy atom. The molecule has 1 heterocycles. The molecule has 0 unspecified atom stereocenters. The molecule has 1 aromatic heterocycles. The highest BCUT2D eigenvalue weighted by atomic mass is 19.1. The van der Waals surface area contributed by atoms with Crippen LogP contribution in [0.3, 0.4) is 0 Å². The third-order valence-corrected chi connectivity index (χ3v) is 4.33. The number of anilines is 1. The molecule has 0 saturated carbocycles. The van der Waals surface area contributed by atoms with E-state index < -0.39 is 5.82 Å². The van der Waals surface area contributed by atoms with Crippen molar-refractivity contribution in [1.29, 1.82) is 0 Å². The quantitative estimate of drug-likeness (QED) is 0.529. The second-order valence-corrected chi connectivity index (χ2v) is 6.22. The Hall–Kier alpha value is -3.47. The van der Waals surface area contributed by atoms with E-state index in [0.717, 1.165) is 5.56 Å². The third-order valence-electron chi connectivity index (χ3n) is 4.33. The maximum atomic E-state index is 13.5. The summed E-state index contributed by atoms with van der Waals surface area (Å²) in [5.41, 5.74) is 2.98. The molecule has 0 aliphatic heterocycles. The zero-order chi connectivity index (χ0) is 18.3. The van der Waals surface area contributed by atoms with Crippen LogP contribution in [0.2, 0.25) is 0 Å². The molecule has 3 aromatic carbocycles. The molecule has 0 spiro atoms. The predicted molar refractivity (Wildman–Crippen MR) is 101 cm³/mol. The fourth-order valence-corrected chi connectivity index (χ4v) is 2.93. The van der Waals surface area contributed by atoms with Gasteiger partial charge in [0.25, 0.3) is 5.91 Å². The van der Waals surface area contributed by atoms with Crippen LogP contribution in [0.4, 0.5) is 10.1 Å². The molecule has 0 aliphatic rings. The van der Waals surface area contributed by atoms with Gasteiger partial charge in [-0.1, -0.05) is 17.7 Å². The monoisotopic (exact) mass is 346 g/mol. The summed E-state index contributed by atoms with van der Waals surface area (Å²) in [6, 6.07) is 16.3. The molecule has 0 fully saturated rings. The fraction of sp³-hybridized carbons (Fsp3) is 0.0476. The van der Waals surface area contributed by atoms with Gasteiger partial charge in [-0.05, 0) is 55.5 Å². The van der Waals surface area contributed by atoms with Crippen molar-refractivity contribution in [3.05, 3.63) is 87.8 Å². The molecular formula is C21H15FN2O2. The molecule has 0 saturated heterocycles. The molecule has 4 nitrogen and oxygen atoms in total. The number of halogens is 1. The van der Waals surface area contributed by atoms with Gasteiger partial charge in [0, 0.05) is 33.1 Å². The van der Waals surface area contributed by atoms with Gasteiger partial charge in [-0.25, -0.2) is 4.39 Å². The number of aromatic nitrogens is 1. The standard InChI is InChI=1S/C21H15FN2O2/c1-12-2-6-15(7-3-12)23-21(26)13-4-8-18-16(10-13)20(25)17-11-14(22)5-9-19(17)24-18/h2-11H,1H3,(H,23,26)(H,24,25). The smallest absolute Gasteiger partial charge is 0.255 e. The number of aromatic amines is 1. The molecule has 2 N–H and O–H groups in total. The van der Waals surface area contributed by atoms with Crippen LogP contribution < -0.4 is 10.7 Å². The van der Waals surface area contributed by atoms with Crippen molar-refractivity contribution in [2.45, 2.75) is 6.92 Å². The van der Waals surface area contributed by atoms with E-state index in [-0.39, 0.29) is 16.7 Å². The van der Waals surface area contributed by atoms with Gasteiger partial charge in [-0.15, -0.1) is 0 Å².